The molecule has 0 unspecified atom stereocenters. The number of nitrogens with zero attached hydrogens (tertiary/aromatic N) is 1. The van der Waals surface area contributed by atoms with Gasteiger partial charge in [-0.15, -0.1) is 0 Å². The van der Waals surface area contributed by atoms with Crippen molar-refractivity contribution in [2.75, 3.05) is 20.1 Å². The second-order valence-electron chi connectivity index (χ2n) is 7.25. The highest BCUT2D eigenvalue weighted by atomic mass is 15.1. The van der Waals surface area contributed by atoms with Gasteiger partial charge in [0, 0.05) is 12.1 Å². The van der Waals surface area contributed by atoms with Gasteiger partial charge in [0.25, 0.3) is 0 Å². The average Bonchev–Trinajstić information content (AvgIpc) is 2.34. The van der Waals surface area contributed by atoms with E-state index in [2.05, 4.69) is 45.0 Å². The summed E-state index contributed by atoms with van der Waals surface area (Å²) in [5, 5.41) is 3.51. The largest absolute Gasteiger partial charge is 0.314 e. The average molecular weight is 268 g/mol. The van der Waals surface area contributed by atoms with E-state index in [1.54, 1.807) is 0 Å². The third-order valence-corrected chi connectivity index (χ3v) is 4.48. The van der Waals surface area contributed by atoms with Gasteiger partial charge < -0.3 is 10.2 Å². The van der Waals surface area contributed by atoms with Gasteiger partial charge in [0.15, 0.2) is 0 Å². The molecule has 0 heterocycles. The molecule has 0 aromatic rings. The Morgan fingerprint density at radius 2 is 1.68 bits per heavy atom. The first-order chi connectivity index (χ1) is 8.99. The SMILES string of the molecule is CC(C)CC1CCC(N(C)CCCNC(C)C)CC1. The molecule has 1 fully saturated rings. The van der Waals surface area contributed by atoms with Crippen molar-refractivity contribution in [2.24, 2.45) is 11.8 Å². The maximum absolute atomic E-state index is 3.51. The van der Waals surface area contributed by atoms with Gasteiger partial charge in [0.1, 0.15) is 0 Å². The first-order valence-corrected chi connectivity index (χ1v) is 8.42. The molecule has 0 radical (unpaired) electrons. The fourth-order valence-electron chi connectivity index (χ4n) is 3.39. The monoisotopic (exact) mass is 268 g/mol. The first-order valence-electron chi connectivity index (χ1n) is 8.42. The summed E-state index contributed by atoms with van der Waals surface area (Å²) in [5.41, 5.74) is 0. The molecule has 1 rings (SSSR count). The van der Waals surface area contributed by atoms with Gasteiger partial charge in [-0.1, -0.05) is 27.7 Å². The van der Waals surface area contributed by atoms with Crippen LogP contribution >= 0.6 is 0 Å². The molecule has 0 bridgehead atoms. The molecular formula is C17H36N2. The van der Waals surface area contributed by atoms with E-state index in [9.17, 15) is 0 Å². The highest BCUT2D eigenvalue weighted by Gasteiger charge is 2.23. The molecule has 0 aromatic heterocycles. The van der Waals surface area contributed by atoms with Crippen LogP contribution in [0.4, 0.5) is 0 Å². The van der Waals surface area contributed by atoms with Crippen molar-refractivity contribution in [3.63, 3.8) is 0 Å². The molecule has 0 amide bonds. The molecule has 19 heavy (non-hydrogen) atoms. The van der Waals surface area contributed by atoms with E-state index in [1.807, 2.05) is 0 Å². The summed E-state index contributed by atoms with van der Waals surface area (Å²) in [6.07, 6.45) is 8.47. The van der Waals surface area contributed by atoms with Crippen LogP contribution in [0.3, 0.4) is 0 Å². The normalized spacial score (nSPS) is 24.6. The standard InChI is InChI=1S/C17H36N2/c1-14(2)13-16-7-9-17(10-8-16)19(5)12-6-11-18-15(3)4/h14-18H,6-13H2,1-5H3. The van der Waals surface area contributed by atoms with Crippen molar-refractivity contribution in [2.45, 2.75) is 78.3 Å². The van der Waals surface area contributed by atoms with E-state index in [-0.39, 0.29) is 0 Å². The van der Waals surface area contributed by atoms with E-state index in [0.717, 1.165) is 24.4 Å². The van der Waals surface area contributed by atoms with Gasteiger partial charge in [-0.05, 0) is 70.5 Å². The van der Waals surface area contributed by atoms with Gasteiger partial charge in [-0.2, -0.15) is 0 Å². The van der Waals surface area contributed by atoms with Gasteiger partial charge in [0.2, 0.25) is 0 Å². The van der Waals surface area contributed by atoms with Crippen LogP contribution < -0.4 is 5.32 Å². The van der Waals surface area contributed by atoms with Crippen molar-refractivity contribution in [3.05, 3.63) is 0 Å². The summed E-state index contributed by atoms with van der Waals surface area (Å²) in [6, 6.07) is 1.47. The van der Waals surface area contributed by atoms with Crippen molar-refractivity contribution in [3.8, 4) is 0 Å². The maximum atomic E-state index is 3.51. The second-order valence-corrected chi connectivity index (χ2v) is 7.25. The smallest absolute Gasteiger partial charge is 0.00924 e. The lowest BCUT2D eigenvalue weighted by Gasteiger charge is -2.35. The topological polar surface area (TPSA) is 15.3 Å². The Kier molecular flexibility index (Phi) is 8.01. The van der Waals surface area contributed by atoms with E-state index in [1.165, 1.54) is 45.1 Å². The van der Waals surface area contributed by atoms with Crippen molar-refractivity contribution < 1.29 is 0 Å². The maximum Gasteiger partial charge on any atom is 0.00924 e. The molecule has 0 aliphatic heterocycles. The summed E-state index contributed by atoms with van der Waals surface area (Å²) in [4.78, 5) is 2.60. The zero-order chi connectivity index (χ0) is 14.3. The quantitative estimate of drug-likeness (QED) is 0.671. The van der Waals surface area contributed by atoms with E-state index in [0.29, 0.717) is 6.04 Å². The molecule has 1 aliphatic carbocycles. The van der Waals surface area contributed by atoms with Gasteiger partial charge in [0.05, 0.1) is 0 Å². The van der Waals surface area contributed by atoms with Crippen LogP contribution in [-0.2, 0) is 0 Å². The highest BCUT2D eigenvalue weighted by Crippen LogP contribution is 2.31. The summed E-state index contributed by atoms with van der Waals surface area (Å²) in [5.74, 6) is 1.88. The van der Waals surface area contributed by atoms with Gasteiger partial charge >= 0.3 is 0 Å². The second kappa shape index (κ2) is 8.97. The van der Waals surface area contributed by atoms with Crippen LogP contribution in [0.1, 0.15) is 66.2 Å². The third-order valence-electron chi connectivity index (χ3n) is 4.48. The Labute approximate surface area is 121 Å². The molecule has 0 aromatic carbocycles. The lowest BCUT2D eigenvalue weighted by Crippen LogP contribution is -2.37. The fraction of sp³-hybridized carbons (Fsp3) is 1.00. The molecule has 0 atom stereocenters. The summed E-state index contributed by atoms with van der Waals surface area (Å²) in [6.45, 7) is 11.6. The predicted octanol–water partition coefficient (Wildman–Crippen LogP) is 3.91. The van der Waals surface area contributed by atoms with Crippen molar-refractivity contribution >= 4 is 0 Å². The van der Waals surface area contributed by atoms with Crippen LogP contribution in [0, 0.1) is 11.8 Å². The molecule has 2 nitrogen and oxygen atoms in total. The minimum absolute atomic E-state index is 0.622. The van der Waals surface area contributed by atoms with E-state index in [4.69, 9.17) is 0 Å². The first kappa shape index (κ1) is 17.0. The Hall–Kier alpha value is -0.0800. The summed E-state index contributed by atoms with van der Waals surface area (Å²) < 4.78 is 0. The lowest BCUT2D eigenvalue weighted by atomic mass is 9.81. The molecule has 114 valence electrons. The van der Waals surface area contributed by atoms with E-state index >= 15 is 0 Å². The molecule has 1 N–H and O–H groups in total. The third kappa shape index (κ3) is 7.31. The minimum atomic E-state index is 0.622. The zero-order valence-corrected chi connectivity index (χ0v) is 13.9. The van der Waals surface area contributed by atoms with Crippen LogP contribution in [0.2, 0.25) is 0 Å². The van der Waals surface area contributed by atoms with Crippen LogP contribution in [0.25, 0.3) is 0 Å². The summed E-state index contributed by atoms with van der Waals surface area (Å²) >= 11 is 0. The van der Waals surface area contributed by atoms with Crippen molar-refractivity contribution in [1.29, 1.82) is 0 Å². The molecular weight excluding hydrogens is 232 g/mol. The van der Waals surface area contributed by atoms with Crippen LogP contribution in [0.5, 0.6) is 0 Å². The van der Waals surface area contributed by atoms with Crippen LogP contribution in [-0.4, -0.2) is 37.1 Å². The Bertz CT molecular complexity index is 217. The van der Waals surface area contributed by atoms with Crippen LogP contribution in [0.15, 0.2) is 0 Å². The molecule has 0 spiro atoms. The molecule has 2 heteroatoms. The van der Waals surface area contributed by atoms with E-state index < -0.39 is 0 Å². The molecule has 1 saturated carbocycles. The molecule has 0 saturated heterocycles. The predicted molar refractivity (Wildman–Crippen MR) is 85.6 cm³/mol. The number of hydrogen-bond acceptors (Lipinski definition) is 2. The number of nitrogens with one attached hydrogen (secondary N) is 1. The van der Waals surface area contributed by atoms with Crippen molar-refractivity contribution in [1.82, 2.24) is 10.2 Å². The Balaban J connectivity index is 2.12. The highest BCUT2D eigenvalue weighted by molar-refractivity contribution is 4.78. The Morgan fingerprint density at radius 1 is 1.05 bits per heavy atom. The molecule has 1 aliphatic rings. The number of rotatable bonds is 8. The fourth-order valence-corrected chi connectivity index (χ4v) is 3.39. The van der Waals surface area contributed by atoms with Gasteiger partial charge in [-0.3, -0.25) is 0 Å². The van der Waals surface area contributed by atoms with Gasteiger partial charge in [-0.25, -0.2) is 0 Å². The number of hydrogen-bond donors (Lipinski definition) is 1. The summed E-state index contributed by atoms with van der Waals surface area (Å²) in [7, 11) is 2.32. The minimum Gasteiger partial charge on any atom is -0.314 e. The lowest BCUT2D eigenvalue weighted by molar-refractivity contribution is 0.155. The Morgan fingerprint density at radius 3 is 2.21 bits per heavy atom. The zero-order valence-electron chi connectivity index (χ0n) is 13.9.